The van der Waals surface area contributed by atoms with E-state index in [1.54, 1.807) is 24.3 Å². The predicted molar refractivity (Wildman–Crippen MR) is 65.0 cm³/mol. The van der Waals surface area contributed by atoms with Crippen LogP contribution < -0.4 is 10.1 Å². The van der Waals surface area contributed by atoms with Gasteiger partial charge in [0.25, 0.3) is 0 Å². The lowest BCUT2D eigenvalue weighted by Crippen LogP contribution is -2.42. The number of benzene rings is 1. The van der Waals surface area contributed by atoms with Crippen molar-refractivity contribution >= 4 is 11.6 Å². The van der Waals surface area contributed by atoms with Gasteiger partial charge in [0.05, 0.1) is 7.11 Å². The molecule has 6 heteroatoms. The smallest absolute Gasteiger partial charge is 0.403 e. The summed E-state index contributed by atoms with van der Waals surface area (Å²) in [6.07, 6.45) is -4.41. The van der Waals surface area contributed by atoms with Gasteiger partial charge in [-0.1, -0.05) is 12.1 Å². The van der Waals surface area contributed by atoms with E-state index in [9.17, 15) is 13.2 Å². The zero-order valence-electron chi connectivity index (χ0n) is 9.93. The van der Waals surface area contributed by atoms with Crippen molar-refractivity contribution in [3.05, 3.63) is 29.8 Å². The van der Waals surface area contributed by atoms with Crippen molar-refractivity contribution in [2.24, 2.45) is 0 Å². The molecule has 0 aliphatic carbocycles. The van der Waals surface area contributed by atoms with Gasteiger partial charge in [0.2, 0.25) is 0 Å². The fourth-order valence-electron chi connectivity index (χ4n) is 1.48. The Labute approximate surface area is 109 Å². The van der Waals surface area contributed by atoms with E-state index in [0.29, 0.717) is 5.75 Å². The molecule has 0 heterocycles. The van der Waals surface area contributed by atoms with Crippen LogP contribution in [0.15, 0.2) is 24.3 Å². The average Bonchev–Trinajstić information content (AvgIpc) is 2.33. The maximum absolute atomic E-state index is 12.6. The summed E-state index contributed by atoms with van der Waals surface area (Å²) in [5.74, 6) is 0.645. The Morgan fingerprint density at radius 2 is 1.89 bits per heavy atom. The molecule has 102 valence electrons. The molecule has 0 aromatic heterocycles. The molecule has 1 rings (SSSR count). The summed E-state index contributed by atoms with van der Waals surface area (Å²) in [7, 11) is 1.54. The van der Waals surface area contributed by atoms with Crippen LogP contribution in [-0.2, 0) is 6.54 Å². The second-order valence-corrected chi connectivity index (χ2v) is 4.18. The summed E-state index contributed by atoms with van der Waals surface area (Å²) in [5.41, 5.74) is 0.764. The van der Waals surface area contributed by atoms with E-state index in [1.807, 2.05) is 0 Å². The highest BCUT2D eigenvalue weighted by Gasteiger charge is 2.38. The maximum Gasteiger partial charge on any atom is 0.403 e. The van der Waals surface area contributed by atoms with Crippen LogP contribution in [0, 0.1) is 0 Å². The van der Waals surface area contributed by atoms with Crippen molar-refractivity contribution in [3.8, 4) is 5.75 Å². The van der Waals surface area contributed by atoms with E-state index in [-0.39, 0.29) is 18.8 Å². The first-order chi connectivity index (χ1) is 8.47. The van der Waals surface area contributed by atoms with Gasteiger partial charge in [-0.25, -0.2) is 0 Å². The summed E-state index contributed by atoms with van der Waals surface area (Å²) in [5, 5.41) is 2.46. The van der Waals surface area contributed by atoms with E-state index in [4.69, 9.17) is 16.3 Å². The summed E-state index contributed by atoms with van der Waals surface area (Å²) in [6, 6.07) is 5.29. The molecule has 0 saturated carbocycles. The van der Waals surface area contributed by atoms with Crippen LogP contribution in [0.4, 0.5) is 13.2 Å². The van der Waals surface area contributed by atoms with Crippen molar-refractivity contribution in [3.63, 3.8) is 0 Å². The van der Waals surface area contributed by atoms with Crippen LogP contribution in [0.1, 0.15) is 12.0 Å². The highest BCUT2D eigenvalue weighted by atomic mass is 35.5. The molecule has 0 spiro atoms. The van der Waals surface area contributed by atoms with Gasteiger partial charge in [-0.05, 0) is 24.1 Å². The van der Waals surface area contributed by atoms with E-state index < -0.39 is 12.2 Å². The second-order valence-electron chi connectivity index (χ2n) is 3.80. The number of rotatable bonds is 6. The van der Waals surface area contributed by atoms with Crippen molar-refractivity contribution in [1.29, 1.82) is 0 Å². The molecule has 0 saturated heterocycles. The number of ether oxygens (including phenoxy) is 1. The molecular formula is C12H15ClF3NO. The second kappa shape index (κ2) is 6.85. The third-order valence-electron chi connectivity index (χ3n) is 2.50. The zero-order valence-corrected chi connectivity index (χ0v) is 10.7. The van der Waals surface area contributed by atoms with E-state index >= 15 is 0 Å². The highest BCUT2D eigenvalue weighted by molar-refractivity contribution is 6.17. The number of halogens is 4. The number of alkyl halides is 4. The quantitative estimate of drug-likeness (QED) is 0.808. The van der Waals surface area contributed by atoms with E-state index in [1.165, 1.54) is 7.11 Å². The highest BCUT2D eigenvalue weighted by Crippen LogP contribution is 2.23. The minimum Gasteiger partial charge on any atom is -0.497 e. The largest absolute Gasteiger partial charge is 0.497 e. The molecule has 0 amide bonds. The third kappa shape index (κ3) is 4.74. The molecule has 1 aromatic carbocycles. The molecule has 0 radical (unpaired) electrons. The Bertz CT molecular complexity index is 353. The Morgan fingerprint density at radius 1 is 1.28 bits per heavy atom. The van der Waals surface area contributed by atoms with Gasteiger partial charge in [-0.2, -0.15) is 13.2 Å². The molecular weight excluding hydrogens is 267 g/mol. The predicted octanol–water partition coefficient (Wildman–Crippen LogP) is 3.34. The monoisotopic (exact) mass is 281 g/mol. The summed E-state index contributed by atoms with van der Waals surface area (Å²) in [4.78, 5) is 0. The Balaban J connectivity index is 2.55. The lowest BCUT2D eigenvalue weighted by Gasteiger charge is -2.20. The minimum absolute atomic E-state index is 0.0280. The van der Waals surface area contributed by atoms with Gasteiger partial charge in [-0.3, -0.25) is 0 Å². The first-order valence-electron chi connectivity index (χ1n) is 5.46. The molecule has 18 heavy (non-hydrogen) atoms. The fraction of sp³-hybridized carbons (Fsp3) is 0.500. The summed E-state index contributed by atoms with van der Waals surface area (Å²) >= 11 is 5.37. The van der Waals surface area contributed by atoms with Gasteiger partial charge in [-0.15, -0.1) is 11.6 Å². The van der Waals surface area contributed by atoms with Gasteiger partial charge < -0.3 is 10.1 Å². The molecule has 1 atom stereocenters. The van der Waals surface area contributed by atoms with Crippen molar-refractivity contribution in [2.75, 3.05) is 13.0 Å². The standard InChI is InChI=1S/C12H15ClF3NO/c1-18-10-4-2-9(3-5-10)8-17-11(6-7-13)12(14,15)16/h2-5,11,17H,6-8H2,1H3. The first-order valence-corrected chi connectivity index (χ1v) is 6.00. The minimum atomic E-state index is -4.28. The molecule has 2 nitrogen and oxygen atoms in total. The van der Waals surface area contributed by atoms with Crippen molar-refractivity contribution in [1.82, 2.24) is 5.32 Å². The van der Waals surface area contributed by atoms with Gasteiger partial charge in [0.15, 0.2) is 0 Å². The molecule has 1 aromatic rings. The lowest BCUT2D eigenvalue weighted by atomic mass is 10.1. The summed E-state index contributed by atoms with van der Waals surface area (Å²) in [6.45, 7) is 0.144. The first kappa shape index (κ1) is 15.1. The number of methoxy groups -OCH3 is 1. The number of nitrogens with one attached hydrogen (secondary N) is 1. The van der Waals surface area contributed by atoms with Crippen LogP contribution in [0.5, 0.6) is 5.75 Å². The average molecular weight is 282 g/mol. The molecule has 1 unspecified atom stereocenters. The van der Waals surface area contributed by atoms with Crippen LogP contribution in [0.2, 0.25) is 0 Å². The van der Waals surface area contributed by atoms with Gasteiger partial charge in [0.1, 0.15) is 11.8 Å². The molecule has 0 fully saturated rings. The van der Waals surface area contributed by atoms with Crippen LogP contribution in [0.3, 0.4) is 0 Å². The molecule has 0 aliphatic rings. The van der Waals surface area contributed by atoms with Gasteiger partial charge in [0, 0.05) is 12.4 Å². The van der Waals surface area contributed by atoms with Crippen LogP contribution in [0.25, 0.3) is 0 Å². The number of hydrogen-bond donors (Lipinski definition) is 1. The van der Waals surface area contributed by atoms with Crippen LogP contribution >= 0.6 is 11.6 Å². The van der Waals surface area contributed by atoms with Crippen LogP contribution in [-0.4, -0.2) is 25.2 Å². The molecule has 0 aliphatic heterocycles. The maximum atomic E-state index is 12.6. The Kier molecular flexibility index (Phi) is 5.75. The third-order valence-corrected chi connectivity index (χ3v) is 2.72. The topological polar surface area (TPSA) is 21.3 Å². The van der Waals surface area contributed by atoms with Crippen molar-refractivity contribution in [2.45, 2.75) is 25.2 Å². The van der Waals surface area contributed by atoms with E-state index in [2.05, 4.69) is 5.32 Å². The number of hydrogen-bond acceptors (Lipinski definition) is 2. The fourth-order valence-corrected chi connectivity index (χ4v) is 1.69. The SMILES string of the molecule is COc1ccc(CNC(CCCl)C(F)(F)F)cc1. The van der Waals surface area contributed by atoms with Crippen molar-refractivity contribution < 1.29 is 17.9 Å². The Morgan fingerprint density at radius 3 is 2.33 bits per heavy atom. The lowest BCUT2D eigenvalue weighted by molar-refractivity contribution is -0.156. The van der Waals surface area contributed by atoms with E-state index in [0.717, 1.165) is 5.56 Å². The molecule has 0 bridgehead atoms. The zero-order chi connectivity index (χ0) is 13.6. The summed E-state index contributed by atoms with van der Waals surface area (Å²) < 4.78 is 42.7. The normalized spacial score (nSPS) is 13.4. The Hall–Kier alpha value is -0.940. The molecule has 1 N–H and O–H groups in total. The van der Waals surface area contributed by atoms with Gasteiger partial charge >= 0.3 is 6.18 Å².